The van der Waals surface area contributed by atoms with Gasteiger partial charge in [0.05, 0.1) is 15.7 Å². The van der Waals surface area contributed by atoms with E-state index in [2.05, 4.69) is 12.2 Å². The van der Waals surface area contributed by atoms with Gasteiger partial charge in [-0.25, -0.2) is 4.79 Å². The normalized spacial score (nSPS) is 16.0. The number of carbonyl (C=O) groups excluding carboxylic acids is 2. The Morgan fingerprint density at radius 3 is 2.73 bits per heavy atom. The third-order valence-corrected chi connectivity index (χ3v) is 6.37. The Morgan fingerprint density at radius 1 is 1.31 bits per heavy atom. The van der Waals surface area contributed by atoms with Crippen LogP contribution in [0.15, 0.2) is 24.3 Å². The average molecular weight is 412 g/mol. The van der Waals surface area contributed by atoms with Crippen LogP contribution in [-0.2, 0) is 22.4 Å². The molecule has 0 saturated heterocycles. The van der Waals surface area contributed by atoms with Crippen LogP contribution in [-0.4, -0.2) is 18.5 Å². The highest BCUT2D eigenvalue weighted by Crippen LogP contribution is 2.34. The minimum atomic E-state index is -0.485. The Kier molecular flexibility index (Phi) is 6.22. The first-order valence-electron chi connectivity index (χ1n) is 8.50. The number of ether oxygens (including phenoxy) is 1. The zero-order valence-electron chi connectivity index (χ0n) is 14.3. The second-order valence-electron chi connectivity index (χ2n) is 6.30. The van der Waals surface area contributed by atoms with Crippen LogP contribution in [0.4, 0.5) is 5.69 Å². The van der Waals surface area contributed by atoms with E-state index in [4.69, 9.17) is 27.9 Å². The van der Waals surface area contributed by atoms with Crippen molar-refractivity contribution < 1.29 is 14.3 Å². The number of fused-ring (bicyclic) bond motifs is 1. The van der Waals surface area contributed by atoms with Crippen molar-refractivity contribution in [1.82, 2.24) is 0 Å². The van der Waals surface area contributed by atoms with Crippen LogP contribution in [0, 0.1) is 5.92 Å². The van der Waals surface area contributed by atoms with Gasteiger partial charge in [-0.1, -0.05) is 42.6 Å². The number of nitrogens with one attached hydrogen (secondary N) is 1. The van der Waals surface area contributed by atoms with Gasteiger partial charge in [-0.05, 0) is 48.9 Å². The maximum atomic E-state index is 12.3. The van der Waals surface area contributed by atoms with Crippen LogP contribution in [0.25, 0.3) is 0 Å². The zero-order chi connectivity index (χ0) is 18.7. The molecule has 1 N–H and O–H groups in total. The molecule has 0 bridgehead atoms. The number of hydrogen-bond acceptors (Lipinski definition) is 4. The van der Waals surface area contributed by atoms with E-state index in [1.165, 1.54) is 28.2 Å². The second-order valence-corrected chi connectivity index (χ2v) is 8.25. The SMILES string of the molecule is CC[C@H]1CCc2sc(C(=O)OCC(=O)Nc3c(Cl)cccc3Cl)cc2C1. The smallest absolute Gasteiger partial charge is 0.348 e. The fourth-order valence-corrected chi connectivity index (χ4v) is 4.64. The van der Waals surface area contributed by atoms with Gasteiger partial charge in [0.15, 0.2) is 6.61 Å². The summed E-state index contributed by atoms with van der Waals surface area (Å²) in [6.45, 7) is 1.81. The minimum Gasteiger partial charge on any atom is -0.451 e. The minimum absolute atomic E-state index is 0.314. The highest BCUT2D eigenvalue weighted by Gasteiger charge is 2.23. The lowest BCUT2D eigenvalue weighted by Gasteiger charge is -2.19. The van der Waals surface area contributed by atoms with Gasteiger partial charge in [0, 0.05) is 4.88 Å². The second kappa shape index (κ2) is 8.42. The first-order valence-corrected chi connectivity index (χ1v) is 10.1. The van der Waals surface area contributed by atoms with Gasteiger partial charge in [0.2, 0.25) is 0 Å². The molecule has 138 valence electrons. The van der Waals surface area contributed by atoms with E-state index >= 15 is 0 Å². The van der Waals surface area contributed by atoms with E-state index in [-0.39, 0.29) is 6.61 Å². The maximum absolute atomic E-state index is 12.3. The van der Waals surface area contributed by atoms with Crippen molar-refractivity contribution in [3.05, 3.63) is 49.6 Å². The summed E-state index contributed by atoms with van der Waals surface area (Å²) in [6.07, 6.45) is 4.34. The summed E-state index contributed by atoms with van der Waals surface area (Å²) in [4.78, 5) is 26.1. The van der Waals surface area contributed by atoms with Crippen molar-refractivity contribution in [3.8, 4) is 0 Å². The Bertz CT molecular complexity index is 814. The van der Waals surface area contributed by atoms with Crippen LogP contribution in [0.2, 0.25) is 10.0 Å². The Hall–Kier alpha value is -1.56. The lowest BCUT2D eigenvalue weighted by atomic mass is 9.87. The lowest BCUT2D eigenvalue weighted by Crippen LogP contribution is -2.21. The topological polar surface area (TPSA) is 55.4 Å². The van der Waals surface area contributed by atoms with E-state index < -0.39 is 11.9 Å². The molecule has 7 heteroatoms. The summed E-state index contributed by atoms with van der Waals surface area (Å²) in [5, 5.41) is 3.23. The summed E-state index contributed by atoms with van der Waals surface area (Å²) in [6, 6.07) is 6.83. The number of amides is 1. The number of para-hydroxylation sites is 1. The van der Waals surface area contributed by atoms with Crippen molar-refractivity contribution in [2.45, 2.75) is 32.6 Å². The van der Waals surface area contributed by atoms with Crippen molar-refractivity contribution in [2.75, 3.05) is 11.9 Å². The number of anilines is 1. The maximum Gasteiger partial charge on any atom is 0.348 e. The number of carbonyl (C=O) groups is 2. The van der Waals surface area contributed by atoms with Gasteiger partial charge in [-0.3, -0.25) is 4.79 Å². The molecule has 1 aromatic carbocycles. The molecule has 1 atom stereocenters. The van der Waals surface area contributed by atoms with Crippen LogP contribution < -0.4 is 5.32 Å². The van der Waals surface area contributed by atoms with E-state index in [0.717, 1.165) is 19.3 Å². The standard InChI is InChI=1S/C19H19Cl2NO3S/c1-2-11-6-7-15-12(8-11)9-16(26-15)19(24)25-10-17(23)22-18-13(20)4-3-5-14(18)21/h3-5,9,11H,2,6-8,10H2,1H3,(H,22,23)/t11-/m0/s1. The first-order chi connectivity index (χ1) is 12.5. The molecule has 0 spiro atoms. The molecular weight excluding hydrogens is 393 g/mol. The molecule has 0 saturated carbocycles. The van der Waals surface area contributed by atoms with Gasteiger partial charge >= 0.3 is 5.97 Å². The predicted molar refractivity (Wildman–Crippen MR) is 105 cm³/mol. The number of rotatable bonds is 5. The fourth-order valence-electron chi connectivity index (χ4n) is 3.04. The van der Waals surface area contributed by atoms with E-state index in [1.54, 1.807) is 18.2 Å². The molecule has 3 rings (SSSR count). The summed E-state index contributed by atoms with van der Waals surface area (Å²) < 4.78 is 5.15. The Morgan fingerprint density at radius 2 is 2.04 bits per heavy atom. The van der Waals surface area contributed by atoms with E-state index in [9.17, 15) is 9.59 Å². The van der Waals surface area contributed by atoms with Crippen molar-refractivity contribution in [2.24, 2.45) is 5.92 Å². The fraction of sp³-hybridized carbons (Fsp3) is 0.368. The number of halogens is 2. The van der Waals surface area contributed by atoms with Gasteiger partial charge in [0.25, 0.3) is 5.91 Å². The number of benzene rings is 1. The lowest BCUT2D eigenvalue weighted by molar-refractivity contribution is -0.119. The molecule has 2 aromatic rings. The van der Waals surface area contributed by atoms with E-state index in [1.807, 2.05) is 6.07 Å². The molecule has 1 amide bonds. The quantitative estimate of drug-likeness (QED) is 0.673. The monoisotopic (exact) mass is 411 g/mol. The van der Waals surface area contributed by atoms with Crippen LogP contribution in [0.1, 0.15) is 39.9 Å². The van der Waals surface area contributed by atoms with Crippen molar-refractivity contribution >= 4 is 52.1 Å². The summed E-state index contributed by atoms with van der Waals surface area (Å²) >= 11 is 13.5. The third kappa shape index (κ3) is 4.40. The van der Waals surface area contributed by atoms with Gasteiger partial charge in [0.1, 0.15) is 4.88 Å². The molecule has 1 aliphatic rings. The van der Waals surface area contributed by atoms with Crippen LogP contribution in [0.5, 0.6) is 0 Å². The van der Waals surface area contributed by atoms with Crippen LogP contribution >= 0.6 is 34.5 Å². The summed E-state index contributed by atoms with van der Waals surface area (Å²) in [5.41, 5.74) is 1.56. The van der Waals surface area contributed by atoms with Crippen LogP contribution in [0.3, 0.4) is 0 Å². The van der Waals surface area contributed by atoms with E-state index in [0.29, 0.717) is 26.5 Å². The highest BCUT2D eigenvalue weighted by atomic mass is 35.5. The number of aryl methyl sites for hydroxylation is 1. The zero-order valence-corrected chi connectivity index (χ0v) is 16.6. The molecule has 1 aromatic heterocycles. The van der Waals surface area contributed by atoms with Gasteiger partial charge in [-0.15, -0.1) is 11.3 Å². The molecule has 0 unspecified atom stereocenters. The highest BCUT2D eigenvalue weighted by molar-refractivity contribution is 7.14. The van der Waals surface area contributed by atoms with Gasteiger partial charge < -0.3 is 10.1 Å². The first kappa shape index (κ1) is 19.2. The summed E-state index contributed by atoms with van der Waals surface area (Å²) in [5.74, 6) is -0.273. The molecule has 4 nitrogen and oxygen atoms in total. The molecule has 26 heavy (non-hydrogen) atoms. The van der Waals surface area contributed by atoms with Crippen molar-refractivity contribution in [3.63, 3.8) is 0 Å². The molecular formula is C19H19Cl2NO3S. The van der Waals surface area contributed by atoms with Crippen molar-refractivity contribution in [1.29, 1.82) is 0 Å². The van der Waals surface area contributed by atoms with Gasteiger partial charge in [-0.2, -0.15) is 0 Å². The molecule has 1 heterocycles. The largest absolute Gasteiger partial charge is 0.451 e. The predicted octanol–water partition coefficient (Wildman–Crippen LogP) is 5.37. The molecule has 0 radical (unpaired) electrons. The number of thiophene rings is 1. The molecule has 0 aliphatic heterocycles. The Balaban J connectivity index is 1.57. The Labute approximate surface area is 166 Å². The molecule has 1 aliphatic carbocycles. The molecule has 0 fully saturated rings. The number of esters is 1. The summed E-state index contributed by atoms with van der Waals surface area (Å²) in [7, 11) is 0. The number of hydrogen-bond donors (Lipinski definition) is 1. The average Bonchev–Trinajstić information content (AvgIpc) is 3.06. The third-order valence-electron chi connectivity index (χ3n) is 4.52.